The molecule has 2 aliphatic rings. The Hall–Kier alpha value is 0.210. The van der Waals surface area contributed by atoms with Gasteiger partial charge in [0.2, 0.25) is 0 Å². The third kappa shape index (κ3) is 4.40. The van der Waals surface area contributed by atoms with Crippen LogP contribution in [0.4, 0.5) is 0 Å². The minimum absolute atomic E-state index is 0.0373. The van der Waals surface area contributed by atoms with Crippen LogP contribution in [0.3, 0.4) is 0 Å². The first-order chi connectivity index (χ1) is 8.59. The Morgan fingerprint density at radius 3 is 2.61 bits per heavy atom. The van der Waals surface area contributed by atoms with E-state index in [1.165, 1.54) is 45.1 Å². The number of ether oxygens (including phenoxy) is 1. The van der Waals surface area contributed by atoms with Gasteiger partial charge in [0.25, 0.3) is 0 Å². The fraction of sp³-hybridized carbons (Fsp3) is 1.00. The summed E-state index contributed by atoms with van der Waals surface area (Å²) in [6.45, 7) is 7.65. The molecule has 0 radical (unpaired) electrons. The molecular weight excluding hydrogens is 246 g/mol. The molecule has 0 N–H and O–H groups in total. The average molecular weight is 274 g/mol. The molecule has 0 spiro atoms. The molecule has 1 saturated heterocycles. The molecule has 106 valence electrons. The van der Waals surface area contributed by atoms with Gasteiger partial charge in [-0.05, 0) is 32.7 Å². The van der Waals surface area contributed by atoms with Crippen LogP contribution in [0.25, 0.3) is 0 Å². The van der Waals surface area contributed by atoms with Crippen molar-refractivity contribution in [1.82, 2.24) is 4.90 Å². The van der Waals surface area contributed by atoms with Gasteiger partial charge in [-0.15, -0.1) is 11.6 Å². The first-order valence-corrected chi connectivity index (χ1v) is 8.09. The molecule has 18 heavy (non-hydrogen) atoms. The molecule has 2 nitrogen and oxygen atoms in total. The second-order valence-corrected chi connectivity index (χ2v) is 6.99. The first-order valence-electron chi connectivity index (χ1n) is 7.55. The van der Waals surface area contributed by atoms with Gasteiger partial charge in [-0.1, -0.05) is 32.1 Å². The summed E-state index contributed by atoms with van der Waals surface area (Å²) in [7, 11) is 0. The Morgan fingerprint density at radius 1 is 1.22 bits per heavy atom. The van der Waals surface area contributed by atoms with E-state index in [2.05, 4.69) is 18.7 Å². The number of nitrogens with zero attached hydrogens (tertiary/aromatic N) is 1. The van der Waals surface area contributed by atoms with Crippen molar-refractivity contribution in [2.75, 3.05) is 25.5 Å². The van der Waals surface area contributed by atoms with Crippen LogP contribution in [-0.4, -0.2) is 42.1 Å². The molecule has 2 fully saturated rings. The van der Waals surface area contributed by atoms with Crippen molar-refractivity contribution in [3.8, 4) is 0 Å². The van der Waals surface area contributed by atoms with Crippen LogP contribution < -0.4 is 0 Å². The molecule has 1 unspecified atom stereocenters. The van der Waals surface area contributed by atoms with E-state index < -0.39 is 0 Å². The highest BCUT2D eigenvalue weighted by molar-refractivity contribution is 6.18. The van der Waals surface area contributed by atoms with Crippen molar-refractivity contribution < 1.29 is 4.74 Å². The van der Waals surface area contributed by atoms with Gasteiger partial charge in [0, 0.05) is 19.0 Å². The molecule has 1 atom stereocenters. The van der Waals surface area contributed by atoms with Crippen LogP contribution in [0.15, 0.2) is 0 Å². The summed E-state index contributed by atoms with van der Waals surface area (Å²) in [5.74, 6) is 1.59. The van der Waals surface area contributed by atoms with Crippen LogP contribution in [0.2, 0.25) is 0 Å². The normalized spacial score (nSPS) is 30.5. The quantitative estimate of drug-likeness (QED) is 0.725. The molecular formula is C15H28ClNO. The maximum atomic E-state index is 5.97. The monoisotopic (exact) mass is 273 g/mol. The van der Waals surface area contributed by atoms with E-state index in [9.17, 15) is 0 Å². The second kappa shape index (κ2) is 6.58. The maximum Gasteiger partial charge on any atom is 0.0844 e. The van der Waals surface area contributed by atoms with Crippen molar-refractivity contribution in [1.29, 1.82) is 0 Å². The summed E-state index contributed by atoms with van der Waals surface area (Å²) in [6, 6.07) is 0. The fourth-order valence-corrected chi connectivity index (χ4v) is 3.67. The van der Waals surface area contributed by atoms with E-state index in [4.69, 9.17) is 16.3 Å². The lowest BCUT2D eigenvalue weighted by Crippen LogP contribution is -2.53. The lowest BCUT2D eigenvalue weighted by Gasteiger charge is -2.42. The minimum atomic E-state index is -0.0373. The Kier molecular flexibility index (Phi) is 5.35. The molecule has 0 bridgehead atoms. The van der Waals surface area contributed by atoms with E-state index >= 15 is 0 Å². The lowest BCUT2D eigenvalue weighted by atomic mass is 9.87. The molecule has 0 aromatic heterocycles. The zero-order valence-electron chi connectivity index (χ0n) is 12.0. The van der Waals surface area contributed by atoms with E-state index in [-0.39, 0.29) is 11.7 Å². The standard InChI is InChI=1S/C15H28ClNO/c1-15(2)12-17(11-14(10-16)18-15)9-8-13-6-4-3-5-7-13/h13-14H,3-12H2,1-2H3. The fourth-order valence-electron chi connectivity index (χ4n) is 3.51. The van der Waals surface area contributed by atoms with Crippen LogP contribution in [0.5, 0.6) is 0 Å². The van der Waals surface area contributed by atoms with Gasteiger partial charge in [-0.2, -0.15) is 0 Å². The molecule has 0 aromatic rings. The topological polar surface area (TPSA) is 12.5 Å². The molecule has 1 aliphatic heterocycles. The maximum absolute atomic E-state index is 5.97. The zero-order chi connectivity index (χ0) is 13.0. The van der Waals surface area contributed by atoms with Crippen LogP contribution in [-0.2, 0) is 4.74 Å². The minimum Gasteiger partial charge on any atom is -0.368 e. The summed E-state index contributed by atoms with van der Waals surface area (Å²) in [6.07, 6.45) is 8.83. The number of hydrogen-bond acceptors (Lipinski definition) is 2. The van der Waals surface area contributed by atoms with Crippen molar-refractivity contribution in [2.24, 2.45) is 5.92 Å². The number of rotatable bonds is 4. The molecule has 1 heterocycles. The van der Waals surface area contributed by atoms with Crippen molar-refractivity contribution in [2.45, 2.75) is 64.1 Å². The second-order valence-electron chi connectivity index (χ2n) is 6.68. The third-order valence-electron chi connectivity index (χ3n) is 4.30. The molecule has 0 amide bonds. The smallest absolute Gasteiger partial charge is 0.0844 e. The third-order valence-corrected chi connectivity index (χ3v) is 4.65. The highest BCUT2D eigenvalue weighted by atomic mass is 35.5. The van der Waals surface area contributed by atoms with Gasteiger partial charge in [0.1, 0.15) is 0 Å². The number of halogens is 1. The predicted molar refractivity (Wildman–Crippen MR) is 77.3 cm³/mol. The molecule has 0 aromatic carbocycles. The van der Waals surface area contributed by atoms with E-state index in [0.717, 1.165) is 19.0 Å². The largest absolute Gasteiger partial charge is 0.368 e. The highest BCUT2D eigenvalue weighted by Gasteiger charge is 2.32. The summed E-state index contributed by atoms with van der Waals surface area (Å²) in [5.41, 5.74) is -0.0373. The van der Waals surface area contributed by atoms with Crippen LogP contribution >= 0.6 is 11.6 Å². The average Bonchev–Trinajstić information content (AvgIpc) is 2.36. The Morgan fingerprint density at radius 2 is 1.94 bits per heavy atom. The van der Waals surface area contributed by atoms with Gasteiger partial charge < -0.3 is 4.74 Å². The molecule has 2 rings (SSSR count). The molecule has 3 heteroatoms. The zero-order valence-corrected chi connectivity index (χ0v) is 12.7. The molecule has 1 aliphatic carbocycles. The van der Waals surface area contributed by atoms with Crippen LogP contribution in [0.1, 0.15) is 52.4 Å². The number of morpholine rings is 1. The van der Waals surface area contributed by atoms with Crippen molar-refractivity contribution >= 4 is 11.6 Å². The number of hydrogen-bond donors (Lipinski definition) is 0. The van der Waals surface area contributed by atoms with Gasteiger partial charge >= 0.3 is 0 Å². The summed E-state index contributed by atoms with van der Waals surface area (Å²) in [4.78, 5) is 2.56. The Bertz CT molecular complexity index is 251. The van der Waals surface area contributed by atoms with Gasteiger partial charge in [0.05, 0.1) is 11.7 Å². The lowest BCUT2D eigenvalue weighted by molar-refractivity contribution is -0.128. The number of alkyl halides is 1. The SMILES string of the molecule is CC1(C)CN(CCC2CCCCC2)CC(CCl)O1. The first kappa shape index (κ1) is 14.6. The highest BCUT2D eigenvalue weighted by Crippen LogP contribution is 2.28. The Balaban J connectivity index is 1.77. The Labute approximate surface area is 117 Å². The summed E-state index contributed by atoms with van der Waals surface area (Å²) >= 11 is 5.97. The van der Waals surface area contributed by atoms with Crippen molar-refractivity contribution in [3.05, 3.63) is 0 Å². The van der Waals surface area contributed by atoms with Gasteiger partial charge in [-0.3, -0.25) is 4.90 Å². The van der Waals surface area contributed by atoms with Gasteiger partial charge in [-0.25, -0.2) is 0 Å². The summed E-state index contributed by atoms with van der Waals surface area (Å²) < 4.78 is 5.97. The van der Waals surface area contributed by atoms with Crippen molar-refractivity contribution in [3.63, 3.8) is 0 Å². The van der Waals surface area contributed by atoms with E-state index in [1.54, 1.807) is 0 Å². The van der Waals surface area contributed by atoms with E-state index in [0.29, 0.717) is 5.88 Å². The van der Waals surface area contributed by atoms with Gasteiger partial charge in [0.15, 0.2) is 0 Å². The van der Waals surface area contributed by atoms with E-state index in [1.807, 2.05) is 0 Å². The van der Waals surface area contributed by atoms with Crippen LogP contribution in [0, 0.1) is 5.92 Å². The summed E-state index contributed by atoms with van der Waals surface area (Å²) in [5, 5.41) is 0. The molecule has 1 saturated carbocycles. The predicted octanol–water partition coefficient (Wildman–Crippen LogP) is 3.68.